The number of nitrogens with zero attached hydrogens (tertiary/aromatic N) is 6. The molecule has 4 aliphatic rings. The topological polar surface area (TPSA) is 222 Å². The van der Waals surface area contributed by atoms with Crippen molar-refractivity contribution in [3.63, 3.8) is 0 Å². The van der Waals surface area contributed by atoms with Crippen LogP contribution in [-0.2, 0) is 24.0 Å². The zero-order valence-electron chi connectivity index (χ0n) is 22.0. The third kappa shape index (κ3) is 5.40. The lowest BCUT2D eigenvalue weighted by Crippen LogP contribution is -2.71. The van der Waals surface area contributed by atoms with Gasteiger partial charge in [-0.3, -0.25) is 24.7 Å². The lowest BCUT2D eigenvalue weighted by atomic mass is 10.0. The molecule has 0 saturated carbocycles. The van der Waals surface area contributed by atoms with E-state index in [2.05, 4.69) is 25.3 Å². The number of thioether (sulfide) groups is 2. The Kier molecular flexibility index (Phi) is 8.14. The second-order valence-corrected chi connectivity index (χ2v) is 11.6. The molecule has 19 heteroatoms. The number of hydrogen-bond acceptors (Lipinski definition) is 15. The molecule has 1 aromatic heterocycles. The Labute approximate surface area is 251 Å². The molecular formula is C23H24N10O6S3. The van der Waals surface area contributed by atoms with Gasteiger partial charge >= 0.3 is 5.97 Å². The number of allylic oxidation sites excluding steroid dienone is 3. The van der Waals surface area contributed by atoms with E-state index in [1.54, 1.807) is 53.7 Å². The predicted octanol–water partition coefficient (Wildman–Crippen LogP) is -0.378. The van der Waals surface area contributed by atoms with Crippen LogP contribution in [0.3, 0.4) is 0 Å². The van der Waals surface area contributed by atoms with Gasteiger partial charge in [0, 0.05) is 24.3 Å². The molecule has 0 bridgehead atoms. The highest BCUT2D eigenvalue weighted by atomic mass is 32.2. The lowest BCUT2D eigenvalue weighted by molar-refractivity contribution is -0.150. The third-order valence-corrected chi connectivity index (χ3v) is 8.77. The van der Waals surface area contributed by atoms with Gasteiger partial charge in [0.2, 0.25) is 11.5 Å². The van der Waals surface area contributed by atoms with Gasteiger partial charge in [0.1, 0.15) is 35.2 Å². The SMILES string of the molecule is CCO/N=C(\C(=O)N[C@@H]1C(=O)N2C(C(=O)O)=C(/C=C/SC3=CC=C4N(C=C(C(N)=O)N4C)N3)CS[C@@H]12)c1nsc(N)n1. The summed E-state index contributed by atoms with van der Waals surface area (Å²) < 4.78 is 3.98. The number of anilines is 1. The fourth-order valence-electron chi connectivity index (χ4n) is 4.26. The molecule has 3 amide bonds. The van der Waals surface area contributed by atoms with Crippen LogP contribution in [0, 0.1) is 0 Å². The first-order valence-corrected chi connectivity index (χ1v) is 14.9. The Bertz CT molecular complexity index is 1550. The molecule has 16 nitrogen and oxygen atoms in total. The number of oxime groups is 1. The molecule has 0 spiro atoms. The van der Waals surface area contributed by atoms with Crippen molar-refractivity contribution >= 4 is 69.6 Å². The number of fused-ring (bicyclic) bond motifs is 2. The Morgan fingerprint density at radius 1 is 1.38 bits per heavy atom. The van der Waals surface area contributed by atoms with E-state index in [-0.39, 0.29) is 34.7 Å². The number of aliphatic carboxylic acids is 1. The number of nitrogens with two attached hydrogens (primary N) is 2. The minimum Gasteiger partial charge on any atom is -0.477 e. The quantitative estimate of drug-likeness (QED) is 0.126. The molecule has 4 aliphatic heterocycles. The Hall–Kier alpha value is -4.49. The van der Waals surface area contributed by atoms with Gasteiger partial charge in [-0.1, -0.05) is 16.9 Å². The zero-order valence-corrected chi connectivity index (χ0v) is 24.5. The Morgan fingerprint density at radius 3 is 2.83 bits per heavy atom. The standard InChI is InChI=1S/C23H24N10O6S3/c1-3-39-29-14(18-27-23(25)42-30-18)19(35)26-15-20(36)33-16(22(37)38)10(9-41-21(15)33)6-7-40-12-4-5-13-31(2)11(17(24)34)8-32(13)28-12/h4-8,15,21,28H,3,9H2,1-2H3,(H2,24,34)(H,26,35)(H,37,38)(H2,25,27,30)/b7-6+,29-14-/t15-,21+/m1/s1. The van der Waals surface area contributed by atoms with Crippen molar-refractivity contribution in [1.82, 2.24) is 34.9 Å². The van der Waals surface area contributed by atoms with E-state index in [0.29, 0.717) is 22.1 Å². The van der Waals surface area contributed by atoms with Crippen LogP contribution in [0.2, 0.25) is 0 Å². The molecule has 42 heavy (non-hydrogen) atoms. The van der Waals surface area contributed by atoms with Crippen LogP contribution in [-0.4, -0.2) is 89.5 Å². The van der Waals surface area contributed by atoms with Crippen LogP contribution in [0.15, 0.2) is 62.8 Å². The van der Waals surface area contributed by atoms with E-state index in [9.17, 15) is 24.3 Å². The minimum atomic E-state index is -1.27. The molecule has 5 heterocycles. The summed E-state index contributed by atoms with van der Waals surface area (Å²) in [6.45, 7) is 1.86. The summed E-state index contributed by atoms with van der Waals surface area (Å²) in [6.07, 6.45) is 6.81. The molecule has 0 unspecified atom stereocenters. The fraction of sp³-hybridized carbons (Fsp3) is 0.261. The first-order chi connectivity index (χ1) is 20.1. The van der Waals surface area contributed by atoms with Crippen LogP contribution in [0.1, 0.15) is 12.7 Å². The van der Waals surface area contributed by atoms with Crippen LogP contribution >= 0.6 is 35.1 Å². The summed E-state index contributed by atoms with van der Waals surface area (Å²) in [6, 6.07) is -0.992. The number of β-lactam (4-membered cyclic amide) rings is 1. The van der Waals surface area contributed by atoms with Crippen molar-refractivity contribution in [2.75, 3.05) is 25.1 Å². The molecule has 7 N–H and O–H groups in total. The van der Waals surface area contributed by atoms with Gasteiger partial charge in [-0.05, 0) is 36.1 Å². The summed E-state index contributed by atoms with van der Waals surface area (Å²) in [5.41, 5.74) is 14.5. The number of likely N-dealkylation sites (N-methyl/N-ethyl adjacent to an activating group) is 1. The van der Waals surface area contributed by atoms with Gasteiger partial charge in [-0.25, -0.2) is 9.80 Å². The predicted molar refractivity (Wildman–Crippen MR) is 155 cm³/mol. The maximum atomic E-state index is 13.1. The van der Waals surface area contributed by atoms with E-state index >= 15 is 0 Å². The maximum absolute atomic E-state index is 13.1. The molecule has 0 radical (unpaired) electrons. The fourth-order valence-corrected chi connectivity index (χ4v) is 6.69. The number of carboxylic acids is 1. The molecule has 220 valence electrons. The van der Waals surface area contributed by atoms with E-state index in [1.807, 2.05) is 0 Å². The summed E-state index contributed by atoms with van der Waals surface area (Å²) in [7, 11) is 1.72. The number of carbonyl (C=O) groups excluding carboxylic acids is 3. The highest BCUT2D eigenvalue weighted by Crippen LogP contribution is 2.41. The first kappa shape index (κ1) is 29.0. The summed E-state index contributed by atoms with van der Waals surface area (Å²) in [5, 5.41) is 19.9. The van der Waals surface area contributed by atoms with Crippen LogP contribution in [0.5, 0.6) is 0 Å². The van der Waals surface area contributed by atoms with Crippen LogP contribution < -0.4 is 22.2 Å². The van der Waals surface area contributed by atoms with Crippen molar-refractivity contribution in [2.45, 2.75) is 18.3 Å². The second-order valence-electron chi connectivity index (χ2n) is 8.75. The number of carbonyl (C=O) groups is 4. The number of carboxylic acid groups (broad SMARTS) is 1. The molecular weight excluding hydrogens is 609 g/mol. The summed E-state index contributed by atoms with van der Waals surface area (Å²) >= 11 is 3.46. The molecule has 0 aliphatic carbocycles. The third-order valence-electron chi connectivity index (χ3n) is 6.17. The molecule has 2 atom stereocenters. The van der Waals surface area contributed by atoms with E-state index in [4.69, 9.17) is 16.3 Å². The molecule has 5 rings (SSSR count). The highest BCUT2D eigenvalue weighted by molar-refractivity contribution is 8.05. The summed E-state index contributed by atoms with van der Waals surface area (Å²) in [5.74, 6) is -2.22. The zero-order chi connectivity index (χ0) is 30.1. The van der Waals surface area contributed by atoms with Crippen LogP contribution in [0.25, 0.3) is 0 Å². The normalized spacial score (nSPS) is 21.7. The van der Waals surface area contributed by atoms with Gasteiger partial charge in [-0.2, -0.15) is 9.36 Å². The highest BCUT2D eigenvalue weighted by Gasteiger charge is 2.54. The number of aromatic nitrogens is 2. The second kappa shape index (κ2) is 11.8. The van der Waals surface area contributed by atoms with Gasteiger partial charge in [0.25, 0.3) is 17.7 Å². The monoisotopic (exact) mass is 632 g/mol. The number of rotatable bonds is 10. The summed E-state index contributed by atoms with van der Waals surface area (Å²) in [4.78, 5) is 61.7. The van der Waals surface area contributed by atoms with E-state index in [1.165, 1.54) is 23.5 Å². The Balaban J connectivity index is 1.26. The van der Waals surface area contributed by atoms with Crippen molar-refractivity contribution in [2.24, 2.45) is 10.9 Å². The number of hydrazine groups is 1. The number of primary amides is 1. The molecule has 1 aromatic rings. The molecule has 0 aromatic carbocycles. The first-order valence-electron chi connectivity index (χ1n) is 12.2. The smallest absolute Gasteiger partial charge is 0.352 e. The van der Waals surface area contributed by atoms with Crippen molar-refractivity contribution < 1.29 is 29.1 Å². The van der Waals surface area contributed by atoms with E-state index < -0.39 is 35.1 Å². The van der Waals surface area contributed by atoms with Crippen molar-refractivity contribution in [3.05, 3.63) is 63.5 Å². The molecule has 1 saturated heterocycles. The van der Waals surface area contributed by atoms with Gasteiger partial charge < -0.3 is 31.6 Å². The van der Waals surface area contributed by atoms with Gasteiger partial charge in [-0.15, -0.1) is 11.8 Å². The molecule has 1 fully saturated rings. The van der Waals surface area contributed by atoms with Gasteiger partial charge in [0.15, 0.2) is 5.13 Å². The average Bonchev–Trinajstić information content (AvgIpc) is 3.53. The van der Waals surface area contributed by atoms with Crippen molar-refractivity contribution in [1.29, 1.82) is 0 Å². The van der Waals surface area contributed by atoms with Crippen molar-refractivity contribution in [3.8, 4) is 0 Å². The largest absolute Gasteiger partial charge is 0.477 e. The number of nitrogens with one attached hydrogen (secondary N) is 2. The average molecular weight is 633 g/mol. The number of hydrogen-bond donors (Lipinski definition) is 5. The number of nitrogen functional groups attached to an aromatic ring is 1. The minimum absolute atomic E-state index is 0.0465. The maximum Gasteiger partial charge on any atom is 0.352 e. The van der Waals surface area contributed by atoms with Gasteiger partial charge in [0.05, 0.1) is 11.2 Å². The lowest BCUT2D eigenvalue weighted by Gasteiger charge is -2.49. The van der Waals surface area contributed by atoms with Crippen LogP contribution in [0.4, 0.5) is 5.13 Å². The number of amides is 3. The van der Waals surface area contributed by atoms with E-state index in [0.717, 1.165) is 16.4 Å². The Morgan fingerprint density at radius 2 is 2.17 bits per heavy atom.